The van der Waals surface area contributed by atoms with Crippen LogP contribution in [0.4, 0.5) is 0 Å². The van der Waals surface area contributed by atoms with Gasteiger partial charge in [-0.1, -0.05) is 135 Å². The number of rotatable bonds is 14. The molecule has 0 unspecified atom stereocenters. The van der Waals surface area contributed by atoms with Crippen molar-refractivity contribution in [2.24, 2.45) is 0 Å². The van der Waals surface area contributed by atoms with Gasteiger partial charge in [0.25, 0.3) is 0 Å². The highest BCUT2D eigenvalue weighted by Crippen LogP contribution is 2.49. The van der Waals surface area contributed by atoms with Crippen LogP contribution in [0.5, 0.6) is 23.0 Å². The predicted octanol–water partition coefficient (Wildman–Crippen LogP) is 10.8. The lowest BCUT2D eigenvalue weighted by Crippen LogP contribution is -2.30. The fraction of sp³-hybridized carbons (Fsp3) is 0.388. The molecule has 298 valence electrons. The second-order valence-electron chi connectivity index (χ2n) is 17.6. The Balaban J connectivity index is 1.78. The van der Waals surface area contributed by atoms with E-state index in [1.54, 1.807) is 7.11 Å². The minimum Gasteiger partial charge on any atom is -0.507 e. The summed E-state index contributed by atoms with van der Waals surface area (Å²) in [5.41, 5.74) is 6.29. The highest BCUT2D eigenvalue weighted by molar-refractivity contribution is 7.80. The third-order valence-electron chi connectivity index (χ3n) is 9.67. The number of hydrogen-bond donors (Lipinski definition) is 1. The number of ether oxygens (including phenoxy) is 5. The topological polar surface area (TPSA) is 66.4 Å². The van der Waals surface area contributed by atoms with E-state index in [4.69, 9.17) is 23.7 Å². The van der Waals surface area contributed by atoms with Gasteiger partial charge in [-0.2, -0.15) is 0 Å². The molecular formula is C49H61O6P. The third-order valence-corrected chi connectivity index (χ3v) is 12.1. The van der Waals surface area contributed by atoms with E-state index in [1.807, 2.05) is 72.8 Å². The SMILES string of the molecule is COc1cc(P(c2cc(C)cc(C(C)(C)C)c2OCOCc2ccccc2)c2cc(C)cc(C(C)(C)C)c2OCOCc2ccccc2)c(O)c(C(C)(C)C)c1. The van der Waals surface area contributed by atoms with Gasteiger partial charge in [0.2, 0.25) is 0 Å². The van der Waals surface area contributed by atoms with Crippen LogP contribution in [-0.4, -0.2) is 25.8 Å². The first-order valence-corrected chi connectivity index (χ1v) is 20.7. The van der Waals surface area contributed by atoms with Gasteiger partial charge in [0.1, 0.15) is 23.0 Å². The summed E-state index contributed by atoms with van der Waals surface area (Å²) in [5, 5.41) is 15.2. The molecule has 0 aliphatic carbocycles. The molecule has 0 saturated carbocycles. The number of phenolic OH excluding ortho intramolecular Hbond substituents is 1. The average Bonchev–Trinajstić information content (AvgIpc) is 3.13. The van der Waals surface area contributed by atoms with E-state index in [1.165, 1.54) is 0 Å². The Hall–Kier alpha value is -4.35. The number of aromatic hydroxyl groups is 1. The number of hydrogen-bond acceptors (Lipinski definition) is 6. The second kappa shape index (κ2) is 17.8. The summed E-state index contributed by atoms with van der Waals surface area (Å²) < 4.78 is 32.0. The Bertz CT molecular complexity index is 1960. The first kappa shape index (κ1) is 42.8. The lowest BCUT2D eigenvalue weighted by atomic mass is 9.85. The summed E-state index contributed by atoms with van der Waals surface area (Å²) in [6.07, 6.45) is 0. The fourth-order valence-electron chi connectivity index (χ4n) is 6.77. The molecule has 0 amide bonds. The van der Waals surface area contributed by atoms with E-state index in [9.17, 15) is 5.11 Å². The molecule has 0 saturated heterocycles. The molecule has 6 nitrogen and oxygen atoms in total. The normalized spacial score (nSPS) is 12.2. The Morgan fingerprint density at radius 2 is 0.929 bits per heavy atom. The molecule has 56 heavy (non-hydrogen) atoms. The van der Waals surface area contributed by atoms with Crippen LogP contribution in [0.15, 0.2) is 97.1 Å². The van der Waals surface area contributed by atoms with Crippen LogP contribution in [0.3, 0.4) is 0 Å². The predicted molar refractivity (Wildman–Crippen MR) is 232 cm³/mol. The maximum Gasteiger partial charge on any atom is 0.189 e. The molecule has 0 fully saturated rings. The summed E-state index contributed by atoms with van der Waals surface area (Å²) in [6.45, 7) is 24.7. The van der Waals surface area contributed by atoms with Gasteiger partial charge in [-0.25, -0.2) is 0 Å². The van der Waals surface area contributed by atoms with Crippen molar-refractivity contribution in [3.8, 4) is 23.0 Å². The van der Waals surface area contributed by atoms with Crippen molar-refractivity contribution in [2.45, 2.75) is 106 Å². The summed E-state index contributed by atoms with van der Waals surface area (Å²) in [7, 11) is 0.104. The van der Waals surface area contributed by atoms with E-state index < -0.39 is 7.92 Å². The maximum absolute atomic E-state index is 12.5. The fourth-order valence-corrected chi connectivity index (χ4v) is 9.58. The Morgan fingerprint density at radius 1 is 0.518 bits per heavy atom. The molecule has 0 spiro atoms. The van der Waals surface area contributed by atoms with Crippen molar-refractivity contribution in [3.05, 3.63) is 136 Å². The van der Waals surface area contributed by atoms with Gasteiger partial charge in [0.05, 0.1) is 20.3 Å². The summed E-state index contributed by atoms with van der Waals surface area (Å²) in [4.78, 5) is 0. The molecule has 0 radical (unpaired) electrons. The zero-order valence-electron chi connectivity index (χ0n) is 35.5. The minimum atomic E-state index is -1.57. The summed E-state index contributed by atoms with van der Waals surface area (Å²) >= 11 is 0. The molecule has 0 atom stereocenters. The maximum atomic E-state index is 12.5. The Labute approximate surface area is 336 Å². The van der Waals surface area contributed by atoms with Crippen LogP contribution in [-0.2, 0) is 38.9 Å². The molecule has 0 aromatic heterocycles. The van der Waals surface area contributed by atoms with E-state index in [2.05, 4.69) is 100 Å². The van der Waals surface area contributed by atoms with Crippen molar-refractivity contribution in [1.82, 2.24) is 0 Å². The third kappa shape index (κ3) is 10.5. The lowest BCUT2D eigenvalue weighted by Gasteiger charge is -2.33. The molecule has 5 aromatic rings. The van der Waals surface area contributed by atoms with Gasteiger partial charge >= 0.3 is 0 Å². The number of methoxy groups -OCH3 is 1. The monoisotopic (exact) mass is 776 g/mol. The van der Waals surface area contributed by atoms with E-state index in [0.717, 1.165) is 66.4 Å². The molecule has 7 heteroatoms. The average molecular weight is 777 g/mol. The van der Waals surface area contributed by atoms with Crippen LogP contribution in [0.25, 0.3) is 0 Å². The van der Waals surface area contributed by atoms with Crippen LogP contribution >= 0.6 is 7.92 Å². The number of benzene rings is 5. The zero-order valence-corrected chi connectivity index (χ0v) is 36.4. The summed E-state index contributed by atoms with van der Waals surface area (Å²) in [5.74, 6) is 2.39. The van der Waals surface area contributed by atoms with Gasteiger partial charge in [-0.15, -0.1) is 0 Å². The van der Waals surface area contributed by atoms with Gasteiger partial charge in [-0.3, -0.25) is 0 Å². The van der Waals surface area contributed by atoms with Crippen molar-refractivity contribution in [1.29, 1.82) is 0 Å². The Morgan fingerprint density at radius 3 is 1.30 bits per heavy atom. The van der Waals surface area contributed by atoms with Gasteiger partial charge in [0, 0.05) is 32.6 Å². The standard InChI is InChI=1S/C49H61O6P/c1-33-23-39(48(6,7)8)45(54-31-52-29-35-19-15-13-16-20-35)42(25-33)56(41-28-37(51-12)27-38(44(41)50)47(3,4)5)43-26-34(2)24-40(49(9,10)11)46(43)55-32-53-30-36-21-17-14-18-22-36/h13-28,50H,29-32H2,1-12H3. The lowest BCUT2D eigenvalue weighted by molar-refractivity contribution is 0.00471. The molecule has 1 N–H and O–H groups in total. The molecule has 0 heterocycles. The smallest absolute Gasteiger partial charge is 0.189 e. The first-order valence-electron chi connectivity index (χ1n) is 19.4. The second-order valence-corrected chi connectivity index (χ2v) is 19.8. The zero-order chi connectivity index (χ0) is 40.8. The van der Waals surface area contributed by atoms with Crippen LogP contribution < -0.4 is 30.1 Å². The quantitative estimate of drug-likeness (QED) is 0.0688. The van der Waals surface area contributed by atoms with Crippen molar-refractivity contribution in [3.63, 3.8) is 0 Å². The van der Waals surface area contributed by atoms with E-state index in [-0.39, 0.29) is 35.6 Å². The largest absolute Gasteiger partial charge is 0.507 e. The van der Waals surface area contributed by atoms with Crippen molar-refractivity contribution >= 4 is 23.8 Å². The molecule has 5 aromatic carbocycles. The molecular weight excluding hydrogens is 716 g/mol. The van der Waals surface area contributed by atoms with Crippen LogP contribution in [0.1, 0.15) is 101 Å². The molecule has 0 aliphatic rings. The number of phenols is 1. The highest BCUT2D eigenvalue weighted by atomic mass is 31.1. The highest BCUT2D eigenvalue weighted by Gasteiger charge is 2.35. The van der Waals surface area contributed by atoms with Crippen molar-refractivity contribution in [2.75, 3.05) is 20.7 Å². The van der Waals surface area contributed by atoms with Gasteiger partial charge < -0.3 is 28.8 Å². The Kier molecular flexibility index (Phi) is 13.6. The van der Waals surface area contributed by atoms with Crippen LogP contribution in [0, 0.1) is 13.8 Å². The molecule has 0 aliphatic heterocycles. The minimum absolute atomic E-state index is 0.0479. The number of aryl methyl sites for hydroxylation is 2. The van der Waals surface area contributed by atoms with Crippen molar-refractivity contribution < 1.29 is 28.8 Å². The van der Waals surface area contributed by atoms with Crippen LogP contribution in [0.2, 0.25) is 0 Å². The van der Waals surface area contributed by atoms with E-state index in [0.29, 0.717) is 19.0 Å². The molecule has 5 rings (SSSR count). The van der Waals surface area contributed by atoms with E-state index >= 15 is 0 Å². The molecule has 0 bridgehead atoms. The van der Waals surface area contributed by atoms with Gasteiger partial charge in [0.15, 0.2) is 13.6 Å². The van der Waals surface area contributed by atoms with Gasteiger partial charge in [-0.05, 0) is 84.5 Å². The summed E-state index contributed by atoms with van der Waals surface area (Å²) in [6, 6.07) is 33.0. The first-order chi connectivity index (χ1) is 26.4.